The van der Waals surface area contributed by atoms with E-state index in [1.54, 1.807) is 12.0 Å². The molecule has 2 aromatic carbocycles. The Morgan fingerprint density at radius 1 is 1.26 bits per heavy atom. The Bertz CT molecular complexity index is 1160. The van der Waals surface area contributed by atoms with Crippen molar-refractivity contribution < 1.29 is 23.7 Å². The number of fused-ring (bicyclic) bond motifs is 2. The number of carbonyl (C=O) groups is 1. The predicted octanol–water partition coefficient (Wildman–Crippen LogP) is 4.53. The highest BCUT2D eigenvalue weighted by atomic mass is 32.2. The molecule has 6 nitrogen and oxygen atoms in total. The number of nitrogens with zero attached hydrogens (tertiary/aromatic N) is 1. The molecular formula is C23H19NO5S2. The second-order valence-electron chi connectivity index (χ2n) is 7.24. The summed E-state index contributed by atoms with van der Waals surface area (Å²) >= 11 is 6.79. The lowest BCUT2D eigenvalue weighted by molar-refractivity contribution is -0.122. The largest absolute Gasteiger partial charge is 0.493 e. The molecule has 0 radical (unpaired) electrons. The molecule has 1 saturated heterocycles. The molecule has 1 amide bonds. The van der Waals surface area contributed by atoms with E-state index in [-0.39, 0.29) is 18.8 Å². The topological polar surface area (TPSA) is 57.2 Å². The summed E-state index contributed by atoms with van der Waals surface area (Å²) in [5.74, 6) is 2.69. The van der Waals surface area contributed by atoms with Crippen LogP contribution < -0.4 is 18.9 Å². The van der Waals surface area contributed by atoms with Gasteiger partial charge < -0.3 is 18.9 Å². The molecule has 0 spiro atoms. The van der Waals surface area contributed by atoms with E-state index in [2.05, 4.69) is 0 Å². The van der Waals surface area contributed by atoms with Gasteiger partial charge in [0.05, 0.1) is 18.6 Å². The van der Waals surface area contributed by atoms with Crippen LogP contribution in [0.3, 0.4) is 0 Å². The van der Waals surface area contributed by atoms with Crippen LogP contribution in [0.2, 0.25) is 0 Å². The molecule has 0 bridgehead atoms. The first kappa shape index (κ1) is 20.0. The number of hydrogen-bond donors (Lipinski definition) is 0. The maximum absolute atomic E-state index is 13.1. The van der Waals surface area contributed by atoms with Crippen molar-refractivity contribution in [2.45, 2.75) is 19.6 Å². The number of thioether (sulfide) groups is 1. The van der Waals surface area contributed by atoms with Crippen LogP contribution in [0.25, 0.3) is 6.08 Å². The molecule has 3 aliphatic rings. The summed E-state index contributed by atoms with van der Waals surface area (Å²) in [6.45, 7) is 2.54. The van der Waals surface area contributed by atoms with E-state index in [1.807, 2.05) is 55.5 Å². The first-order valence-electron chi connectivity index (χ1n) is 9.72. The number of hydrogen-bond acceptors (Lipinski definition) is 7. The highest BCUT2D eigenvalue weighted by Gasteiger charge is 2.33. The summed E-state index contributed by atoms with van der Waals surface area (Å²) in [5, 5.41) is 0. The maximum Gasteiger partial charge on any atom is 0.266 e. The molecule has 0 N–H and O–H groups in total. The molecule has 31 heavy (non-hydrogen) atoms. The summed E-state index contributed by atoms with van der Waals surface area (Å²) in [6.07, 6.45) is 3.67. The fourth-order valence-electron chi connectivity index (χ4n) is 3.64. The standard InChI is InChI=1S/C23H19NO5S2/c1-13-16(9-15-4-3-5-18(26-2)21(15)29-13)10-20-22(25)24(23(30)31-20)11-14-6-7-17-19(8-14)28-12-27-17/h3-10,13H,11-12H2,1-2H3. The van der Waals surface area contributed by atoms with Gasteiger partial charge in [-0.25, -0.2) is 0 Å². The number of rotatable bonds is 4. The number of benzene rings is 2. The fourth-order valence-corrected chi connectivity index (χ4v) is 4.90. The second kappa shape index (κ2) is 7.94. The van der Waals surface area contributed by atoms with Crippen molar-refractivity contribution in [2.75, 3.05) is 13.9 Å². The maximum atomic E-state index is 13.1. The molecule has 0 aliphatic carbocycles. The van der Waals surface area contributed by atoms with Gasteiger partial charge >= 0.3 is 0 Å². The van der Waals surface area contributed by atoms with Crippen LogP contribution in [-0.2, 0) is 11.3 Å². The third kappa shape index (κ3) is 3.66. The molecule has 158 valence electrons. The molecule has 5 rings (SSSR count). The van der Waals surface area contributed by atoms with Gasteiger partial charge in [-0.15, -0.1) is 0 Å². The van der Waals surface area contributed by atoms with Crippen LogP contribution in [0.15, 0.2) is 53.0 Å². The Labute approximate surface area is 189 Å². The molecule has 3 heterocycles. The molecular weight excluding hydrogens is 434 g/mol. The summed E-state index contributed by atoms with van der Waals surface area (Å²) in [7, 11) is 1.62. The van der Waals surface area contributed by atoms with Crippen molar-refractivity contribution in [3.63, 3.8) is 0 Å². The molecule has 0 aromatic heterocycles. The van der Waals surface area contributed by atoms with Crippen LogP contribution in [0.1, 0.15) is 18.1 Å². The Morgan fingerprint density at radius 2 is 2.10 bits per heavy atom. The number of carbonyl (C=O) groups excluding carboxylic acids is 1. The van der Waals surface area contributed by atoms with E-state index in [1.165, 1.54) is 11.8 Å². The van der Waals surface area contributed by atoms with Crippen LogP contribution in [0.4, 0.5) is 0 Å². The molecule has 8 heteroatoms. The average molecular weight is 454 g/mol. The summed E-state index contributed by atoms with van der Waals surface area (Å²) in [4.78, 5) is 15.3. The fraction of sp³-hybridized carbons (Fsp3) is 0.217. The van der Waals surface area contributed by atoms with Crippen molar-refractivity contribution >= 4 is 40.3 Å². The van der Waals surface area contributed by atoms with E-state index in [9.17, 15) is 4.79 Å². The number of amides is 1. The molecule has 1 fully saturated rings. The van der Waals surface area contributed by atoms with E-state index in [0.29, 0.717) is 38.8 Å². The van der Waals surface area contributed by atoms with Crippen molar-refractivity contribution in [3.05, 3.63) is 64.1 Å². The Balaban J connectivity index is 1.39. The van der Waals surface area contributed by atoms with Crippen molar-refractivity contribution in [1.29, 1.82) is 0 Å². The molecule has 2 aromatic rings. The summed E-state index contributed by atoms with van der Waals surface area (Å²) in [6, 6.07) is 11.4. The van der Waals surface area contributed by atoms with Crippen LogP contribution in [-0.4, -0.2) is 35.1 Å². The van der Waals surface area contributed by atoms with E-state index < -0.39 is 0 Å². The molecule has 3 aliphatic heterocycles. The quantitative estimate of drug-likeness (QED) is 0.498. The normalized spacial score (nSPS) is 20.6. The van der Waals surface area contributed by atoms with Gasteiger partial charge in [0, 0.05) is 5.56 Å². The van der Waals surface area contributed by atoms with Gasteiger partial charge in [-0.2, -0.15) is 0 Å². The number of thiocarbonyl (C=S) groups is 1. The predicted molar refractivity (Wildman–Crippen MR) is 122 cm³/mol. The van der Waals surface area contributed by atoms with Gasteiger partial charge in [-0.1, -0.05) is 42.2 Å². The van der Waals surface area contributed by atoms with Gasteiger partial charge in [-0.3, -0.25) is 9.69 Å². The third-order valence-electron chi connectivity index (χ3n) is 5.26. The lowest BCUT2D eigenvalue weighted by Gasteiger charge is -2.24. The van der Waals surface area contributed by atoms with Gasteiger partial charge in [0.1, 0.15) is 10.4 Å². The minimum Gasteiger partial charge on any atom is -0.493 e. The smallest absolute Gasteiger partial charge is 0.266 e. The number of ether oxygens (including phenoxy) is 4. The van der Waals surface area contributed by atoms with E-state index in [0.717, 1.165) is 16.7 Å². The van der Waals surface area contributed by atoms with E-state index >= 15 is 0 Å². The monoisotopic (exact) mass is 453 g/mol. The summed E-state index contributed by atoms with van der Waals surface area (Å²) in [5.41, 5.74) is 2.75. The van der Waals surface area contributed by atoms with Crippen LogP contribution in [0, 0.1) is 0 Å². The number of para-hydroxylation sites is 1. The number of methoxy groups -OCH3 is 1. The zero-order chi connectivity index (χ0) is 21.5. The van der Waals surface area contributed by atoms with Crippen LogP contribution in [0.5, 0.6) is 23.0 Å². The lowest BCUT2D eigenvalue weighted by atomic mass is 10.0. The minimum atomic E-state index is -0.221. The first-order chi connectivity index (χ1) is 15.0. The Morgan fingerprint density at radius 3 is 2.94 bits per heavy atom. The van der Waals surface area contributed by atoms with Crippen molar-refractivity contribution in [3.8, 4) is 23.0 Å². The highest BCUT2D eigenvalue weighted by Crippen LogP contribution is 2.40. The second-order valence-corrected chi connectivity index (χ2v) is 8.91. The van der Waals surface area contributed by atoms with Gasteiger partial charge in [-0.05, 0) is 48.4 Å². The molecule has 1 atom stereocenters. The third-order valence-corrected chi connectivity index (χ3v) is 6.64. The van der Waals surface area contributed by atoms with Crippen molar-refractivity contribution in [1.82, 2.24) is 4.90 Å². The SMILES string of the molecule is COc1cccc2c1OC(C)C(C=C1SC(=S)N(Cc3ccc4c(c3)OCO4)C1=O)=C2. The minimum absolute atomic E-state index is 0.114. The summed E-state index contributed by atoms with van der Waals surface area (Å²) < 4.78 is 22.8. The lowest BCUT2D eigenvalue weighted by Crippen LogP contribution is -2.27. The van der Waals surface area contributed by atoms with Crippen LogP contribution >= 0.6 is 24.0 Å². The van der Waals surface area contributed by atoms with Gasteiger partial charge in [0.25, 0.3) is 5.91 Å². The Hall–Kier alpha value is -2.97. The molecule has 1 unspecified atom stereocenters. The highest BCUT2D eigenvalue weighted by molar-refractivity contribution is 8.26. The van der Waals surface area contributed by atoms with Gasteiger partial charge in [0.2, 0.25) is 6.79 Å². The van der Waals surface area contributed by atoms with Gasteiger partial charge in [0.15, 0.2) is 23.0 Å². The van der Waals surface area contributed by atoms with Crippen molar-refractivity contribution in [2.24, 2.45) is 0 Å². The average Bonchev–Trinajstić information content (AvgIpc) is 3.33. The zero-order valence-corrected chi connectivity index (χ0v) is 18.5. The zero-order valence-electron chi connectivity index (χ0n) is 16.9. The van der Waals surface area contributed by atoms with E-state index in [4.69, 9.17) is 31.2 Å². The first-order valence-corrected chi connectivity index (χ1v) is 10.9. The molecule has 0 saturated carbocycles. The Kier molecular flexibility index (Phi) is 5.11.